The van der Waals surface area contributed by atoms with Crippen LogP contribution in [0.2, 0.25) is 0 Å². The Morgan fingerprint density at radius 1 is 1.33 bits per heavy atom. The second-order valence-corrected chi connectivity index (χ2v) is 5.17. The minimum atomic E-state index is -0.742. The Kier molecular flexibility index (Phi) is 4.11. The van der Waals surface area contributed by atoms with Crippen molar-refractivity contribution in [2.75, 3.05) is 7.11 Å². The van der Waals surface area contributed by atoms with Crippen LogP contribution in [0.3, 0.4) is 0 Å². The van der Waals surface area contributed by atoms with Crippen LogP contribution in [0.5, 0.6) is 0 Å². The van der Waals surface area contributed by atoms with Crippen molar-refractivity contribution in [2.24, 2.45) is 0 Å². The van der Waals surface area contributed by atoms with Gasteiger partial charge in [0, 0.05) is 0 Å². The third-order valence-corrected chi connectivity index (χ3v) is 3.78. The van der Waals surface area contributed by atoms with Gasteiger partial charge in [0.1, 0.15) is 23.6 Å². The molecule has 0 fully saturated rings. The zero-order valence-corrected chi connectivity index (χ0v) is 13.1. The fourth-order valence-corrected chi connectivity index (χ4v) is 2.53. The molecule has 24 heavy (non-hydrogen) atoms. The molecule has 3 rings (SSSR count). The number of ether oxygens (including phenoxy) is 1. The van der Waals surface area contributed by atoms with E-state index < -0.39 is 12.0 Å². The van der Waals surface area contributed by atoms with Gasteiger partial charge in [-0.25, -0.2) is 18.9 Å². The fourth-order valence-electron chi connectivity index (χ4n) is 2.53. The zero-order valence-electron chi connectivity index (χ0n) is 13.1. The topological polar surface area (TPSA) is 79.0 Å². The number of benzene rings is 1. The van der Waals surface area contributed by atoms with Gasteiger partial charge in [-0.05, 0) is 30.7 Å². The highest BCUT2D eigenvalue weighted by molar-refractivity contribution is 5.77. The van der Waals surface area contributed by atoms with Crippen molar-refractivity contribution in [3.8, 4) is 5.69 Å². The second-order valence-electron chi connectivity index (χ2n) is 5.17. The third kappa shape index (κ3) is 2.55. The maximum absolute atomic E-state index is 13.1. The van der Waals surface area contributed by atoms with E-state index in [1.54, 1.807) is 6.92 Å². The van der Waals surface area contributed by atoms with E-state index in [1.807, 2.05) is 0 Å². The maximum atomic E-state index is 13.1. The number of nitrogens with zero attached hydrogens (tertiary/aromatic N) is 4. The molecule has 124 valence electrons. The molecule has 0 saturated carbocycles. The van der Waals surface area contributed by atoms with E-state index in [0.717, 1.165) is 0 Å². The van der Waals surface area contributed by atoms with E-state index >= 15 is 0 Å². The molecular formula is C16H15FN4O3. The molecule has 0 aliphatic heterocycles. The summed E-state index contributed by atoms with van der Waals surface area (Å²) in [7, 11) is 1.27. The van der Waals surface area contributed by atoms with Crippen LogP contribution in [-0.4, -0.2) is 32.4 Å². The molecule has 0 N–H and O–H groups in total. The first-order valence-electron chi connectivity index (χ1n) is 7.35. The fraction of sp³-hybridized carbons (Fsp3) is 0.250. The summed E-state index contributed by atoms with van der Waals surface area (Å²) in [6, 6.07) is 4.94. The average molecular weight is 330 g/mol. The third-order valence-electron chi connectivity index (χ3n) is 3.78. The molecule has 3 aromatic rings. The molecule has 0 saturated heterocycles. The summed E-state index contributed by atoms with van der Waals surface area (Å²) < 4.78 is 20.5. The summed E-state index contributed by atoms with van der Waals surface area (Å²) in [5.41, 5.74) is 0.532. The summed E-state index contributed by atoms with van der Waals surface area (Å²) in [6.07, 6.45) is 3.08. The van der Waals surface area contributed by atoms with Gasteiger partial charge in [0.2, 0.25) is 0 Å². The Bertz CT molecular complexity index is 946. The Morgan fingerprint density at radius 2 is 2.04 bits per heavy atom. The van der Waals surface area contributed by atoms with Gasteiger partial charge in [-0.2, -0.15) is 5.10 Å². The largest absolute Gasteiger partial charge is 0.467 e. The standard InChI is InChI=1S/C16H15FN4O3/c1-3-13(16(23)24-2)20-9-18-14-12(15(20)22)8-19-21(14)11-6-4-10(17)5-7-11/h4-9,13H,3H2,1-2H3. The van der Waals surface area contributed by atoms with E-state index in [1.165, 1.54) is 53.1 Å². The molecule has 0 aliphatic carbocycles. The molecule has 0 bridgehead atoms. The Balaban J connectivity index is 2.13. The second kappa shape index (κ2) is 6.23. The lowest BCUT2D eigenvalue weighted by molar-refractivity contribution is -0.144. The van der Waals surface area contributed by atoms with Gasteiger partial charge in [0.15, 0.2) is 5.65 Å². The Hall–Kier alpha value is -3.03. The average Bonchev–Trinajstić information content (AvgIpc) is 3.02. The van der Waals surface area contributed by atoms with E-state index in [9.17, 15) is 14.0 Å². The lowest BCUT2D eigenvalue weighted by atomic mass is 10.2. The van der Waals surface area contributed by atoms with Crippen molar-refractivity contribution in [3.05, 3.63) is 53.0 Å². The first-order valence-corrected chi connectivity index (χ1v) is 7.35. The first kappa shape index (κ1) is 15.9. The first-order chi connectivity index (χ1) is 11.6. The maximum Gasteiger partial charge on any atom is 0.329 e. The molecule has 1 atom stereocenters. The molecule has 2 heterocycles. The predicted octanol–water partition coefficient (Wildman–Crippen LogP) is 1.85. The lowest BCUT2D eigenvalue weighted by Gasteiger charge is -2.15. The molecule has 7 nitrogen and oxygen atoms in total. The van der Waals surface area contributed by atoms with Crippen LogP contribution in [0.25, 0.3) is 16.7 Å². The normalized spacial score (nSPS) is 12.3. The minimum absolute atomic E-state index is 0.268. The summed E-state index contributed by atoms with van der Waals surface area (Å²) in [6.45, 7) is 1.78. The van der Waals surface area contributed by atoms with E-state index in [4.69, 9.17) is 4.74 Å². The molecule has 0 aliphatic rings. The van der Waals surface area contributed by atoms with Crippen molar-refractivity contribution < 1.29 is 13.9 Å². The molecular weight excluding hydrogens is 315 g/mol. The summed E-state index contributed by atoms with van der Waals surface area (Å²) >= 11 is 0. The molecule has 0 radical (unpaired) electrons. The lowest BCUT2D eigenvalue weighted by Crippen LogP contribution is -2.30. The summed E-state index contributed by atoms with van der Waals surface area (Å²) in [5.74, 6) is -0.874. The molecule has 1 aromatic carbocycles. The van der Waals surface area contributed by atoms with Gasteiger partial charge < -0.3 is 4.74 Å². The van der Waals surface area contributed by atoms with Gasteiger partial charge in [-0.1, -0.05) is 6.92 Å². The van der Waals surface area contributed by atoms with Crippen LogP contribution >= 0.6 is 0 Å². The van der Waals surface area contributed by atoms with Crippen molar-refractivity contribution in [1.29, 1.82) is 0 Å². The highest BCUT2D eigenvalue weighted by atomic mass is 19.1. The number of carbonyl (C=O) groups is 1. The number of aromatic nitrogens is 4. The molecule has 0 amide bonds. The van der Waals surface area contributed by atoms with Gasteiger partial charge in [0.05, 0.1) is 19.0 Å². The number of methoxy groups -OCH3 is 1. The van der Waals surface area contributed by atoms with Crippen molar-refractivity contribution in [2.45, 2.75) is 19.4 Å². The SMILES string of the molecule is CCC(C(=O)OC)n1cnc2c(cnn2-c2ccc(F)cc2)c1=O. The van der Waals surface area contributed by atoms with Crippen LogP contribution < -0.4 is 5.56 Å². The molecule has 2 aromatic heterocycles. The Morgan fingerprint density at radius 3 is 2.67 bits per heavy atom. The van der Waals surface area contributed by atoms with Crippen molar-refractivity contribution >= 4 is 17.0 Å². The minimum Gasteiger partial charge on any atom is -0.467 e. The predicted molar refractivity (Wildman–Crippen MR) is 84.4 cm³/mol. The van der Waals surface area contributed by atoms with Gasteiger partial charge in [0.25, 0.3) is 5.56 Å². The molecule has 1 unspecified atom stereocenters. The van der Waals surface area contributed by atoms with Crippen LogP contribution in [0, 0.1) is 5.82 Å². The highest BCUT2D eigenvalue weighted by Gasteiger charge is 2.22. The number of fused-ring (bicyclic) bond motifs is 1. The monoisotopic (exact) mass is 330 g/mol. The summed E-state index contributed by atoms with van der Waals surface area (Å²) in [4.78, 5) is 28.7. The van der Waals surface area contributed by atoms with Crippen LogP contribution in [0.1, 0.15) is 19.4 Å². The number of hydrogen-bond donors (Lipinski definition) is 0. The molecule has 8 heteroatoms. The number of esters is 1. The van der Waals surface area contributed by atoms with Gasteiger partial charge in [-0.3, -0.25) is 9.36 Å². The van der Waals surface area contributed by atoms with E-state index in [0.29, 0.717) is 17.8 Å². The van der Waals surface area contributed by atoms with Crippen LogP contribution in [-0.2, 0) is 9.53 Å². The number of hydrogen-bond acceptors (Lipinski definition) is 5. The smallest absolute Gasteiger partial charge is 0.329 e. The zero-order chi connectivity index (χ0) is 17.3. The number of carbonyl (C=O) groups excluding carboxylic acids is 1. The van der Waals surface area contributed by atoms with Gasteiger partial charge in [-0.15, -0.1) is 0 Å². The number of halogens is 1. The highest BCUT2D eigenvalue weighted by Crippen LogP contribution is 2.16. The Labute approximate surface area is 136 Å². The van der Waals surface area contributed by atoms with Gasteiger partial charge >= 0.3 is 5.97 Å². The quantitative estimate of drug-likeness (QED) is 0.682. The van der Waals surface area contributed by atoms with Crippen molar-refractivity contribution in [3.63, 3.8) is 0 Å². The van der Waals surface area contributed by atoms with Crippen LogP contribution in [0.15, 0.2) is 41.6 Å². The van der Waals surface area contributed by atoms with E-state index in [2.05, 4.69) is 10.1 Å². The van der Waals surface area contributed by atoms with E-state index in [-0.39, 0.29) is 16.8 Å². The van der Waals surface area contributed by atoms with Crippen molar-refractivity contribution in [1.82, 2.24) is 19.3 Å². The van der Waals surface area contributed by atoms with Crippen LogP contribution in [0.4, 0.5) is 4.39 Å². The molecule has 0 spiro atoms. The summed E-state index contributed by atoms with van der Waals surface area (Å²) in [5, 5.41) is 4.42. The number of rotatable bonds is 4.